The lowest BCUT2D eigenvalue weighted by atomic mass is 9.77. The van der Waals surface area contributed by atoms with Crippen molar-refractivity contribution in [2.45, 2.75) is 40.2 Å². The minimum Gasteiger partial charge on any atom is -0.390 e. The molecule has 1 fully saturated rings. The smallest absolute Gasteiger partial charge is 0.153 e. The summed E-state index contributed by atoms with van der Waals surface area (Å²) in [5, 5.41) is 18.8. The maximum Gasteiger partial charge on any atom is 0.153 e. The molecule has 0 spiro atoms. The average Bonchev–Trinajstić information content (AvgIpc) is 2.64. The first-order valence-corrected chi connectivity index (χ1v) is 9.76. The molecule has 7 heteroatoms. The third-order valence-corrected chi connectivity index (χ3v) is 6.37. The second-order valence-corrected chi connectivity index (χ2v) is 8.15. The monoisotopic (exact) mass is 406 g/mol. The van der Waals surface area contributed by atoms with Crippen molar-refractivity contribution in [1.29, 1.82) is 5.41 Å². The van der Waals surface area contributed by atoms with Gasteiger partial charge in [0.1, 0.15) is 5.69 Å². The summed E-state index contributed by atoms with van der Waals surface area (Å²) in [4.78, 5) is 11.6. The molecular weight excluding hydrogens is 383 g/mol. The number of halogens is 2. The third-order valence-electron chi connectivity index (χ3n) is 5.55. The lowest BCUT2D eigenvalue weighted by Crippen LogP contribution is -2.42. The van der Waals surface area contributed by atoms with Crippen molar-refractivity contribution in [1.82, 2.24) is 9.97 Å². The summed E-state index contributed by atoms with van der Waals surface area (Å²) in [5.41, 5.74) is 3.27. The van der Waals surface area contributed by atoms with Gasteiger partial charge >= 0.3 is 0 Å². The van der Waals surface area contributed by atoms with E-state index in [1.54, 1.807) is 6.07 Å². The first-order chi connectivity index (χ1) is 12.8. The predicted molar refractivity (Wildman–Crippen MR) is 111 cm³/mol. The Bertz CT molecular complexity index is 877. The molecule has 5 nitrogen and oxygen atoms in total. The van der Waals surface area contributed by atoms with Crippen LogP contribution in [0.5, 0.6) is 0 Å². The minimum atomic E-state index is -0.203. The largest absolute Gasteiger partial charge is 0.390 e. The van der Waals surface area contributed by atoms with Crippen LogP contribution in [0.1, 0.15) is 38.1 Å². The molecule has 2 N–H and O–H groups in total. The first kappa shape index (κ1) is 20.1. The Morgan fingerprint density at radius 2 is 1.93 bits per heavy atom. The van der Waals surface area contributed by atoms with Gasteiger partial charge in [0.2, 0.25) is 0 Å². The summed E-state index contributed by atoms with van der Waals surface area (Å²) >= 11 is 12.5. The number of piperidine rings is 1. The van der Waals surface area contributed by atoms with Gasteiger partial charge in [-0.1, -0.05) is 42.3 Å². The molecule has 3 rings (SSSR count). The number of hydrogen-bond donors (Lipinski definition) is 2. The second kappa shape index (κ2) is 7.74. The summed E-state index contributed by atoms with van der Waals surface area (Å²) in [6, 6.07) is 5.40. The van der Waals surface area contributed by atoms with Crippen molar-refractivity contribution in [3.05, 3.63) is 39.6 Å². The maximum absolute atomic E-state index is 9.90. The van der Waals surface area contributed by atoms with Gasteiger partial charge in [-0.3, -0.25) is 0 Å². The van der Waals surface area contributed by atoms with Crippen LogP contribution in [0.25, 0.3) is 11.3 Å². The van der Waals surface area contributed by atoms with Gasteiger partial charge in [0, 0.05) is 29.8 Å². The number of benzene rings is 1. The lowest BCUT2D eigenvalue weighted by Gasteiger charge is -2.40. The summed E-state index contributed by atoms with van der Waals surface area (Å²) in [6.45, 7) is 7.27. The van der Waals surface area contributed by atoms with E-state index in [1.165, 1.54) is 0 Å². The number of nitrogens with zero attached hydrogens (tertiary/aromatic N) is 3. The highest BCUT2D eigenvalue weighted by molar-refractivity contribution is 6.43. The van der Waals surface area contributed by atoms with Crippen molar-refractivity contribution < 1.29 is 5.11 Å². The highest BCUT2D eigenvalue weighted by Crippen LogP contribution is 2.37. The van der Waals surface area contributed by atoms with Gasteiger partial charge in [0.05, 0.1) is 28.0 Å². The Labute approximate surface area is 169 Å². The molecule has 1 aromatic carbocycles. The van der Waals surface area contributed by atoms with E-state index in [0.717, 1.165) is 37.3 Å². The zero-order chi connectivity index (χ0) is 19.8. The Balaban J connectivity index is 1.96. The van der Waals surface area contributed by atoms with Crippen LogP contribution >= 0.6 is 23.2 Å². The van der Waals surface area contributed by atoms with E-state index in [0.29, 0.717) is 32.8 Å². The highest BCUT2D eigenvalue weighted by atomic mass is 35.5. The van der Waals surface area contributed by atoms with Gasteiger partial charge in [-0.15, -0.1) is 0 Å². The number of rotatable bonds is 4. The maximum atomic E-state index is 9.90. The molecule has 0 aliphatic carbocycles. The van der Waals surface area contributed by atoms with Crippen LogP contribution in [-0.4, -0.2) is 33.9 Å². The van der Waals surface area contributed by atoms with Crippen LogP contribution in [0.4, 0.5) is 5.82 Å². The zero-order valence-corrected chi connectivity index (χ0v) is 17.3. The molecule has 2 aromatic rings. The van der Waals surface area contributed by atoms with Gasteiger partial charge in [-0.2, -0.15) is 0 Å². The fraction of sp³-hybridized carbons (Fsp3) is 0.450. The van der Waals surface area contributed by atoms with Crippen LogP contribution in [0.2, 0.25) is 10.0 Å². The van der Waals surface area contributed by atoms with Crippen molar-refractivity contribution >= 4 is 34.7 Å². The quantitative estimate of drug-likeness (QED) is 0.708. The fourth-order valence-electron chi connectivity index (χ4n) is 3.43. The van der Waals surface area contributed by atoms with Crippen molar-refractivity contribution in [2.24, 2.45) is 5.41 Å². The number of nitrogens with one attached hydrogen (secondary N) is 1. The van der Waals surface area contributed by atoms with Crippen molar-refractivity contribution in [3.8, 4) is 11.3 Å². The molecule has 0 radical (unpaired) electrons. The first-order valence-electron chi connectivity index (χ1n) is 9.00. The Morgan fingerprint density at radius 3 is 2.52 bits per heavy atom. The van der Waals surface area contributed by atoms with Gasteiger partial charge in [-0.05, 0) is 32.8 Å². The summed E-state index contributed by atoms with van der Waals surface area (Å²) < 4.78 is 0. The molecule has 0 bridgehead atoms. The molecule has 0 saturated carbocycles. The molecular formula is C20H24Cl2N4O. The van der Waals surface area contributed by atoms with E-state index in [2.05, 4.69) is 16.8 Å². The fourth-order valence-corrected chi connectivity index (χ4v) is 3.82. The highest BCUT2D eigenvalue weighted by Gasteiger charge is 2.33. The van der Waals surface area contributed by atoms with E-state index < -0.39 is 0 Å². The lowest BCUT2D eigenvalue weighted by molar-refractivity contribution is 0.275. The molecule has 2 heterocycles. The van der Waals surface area contributed by atoms with Crippen LogP contribution in [0.3, 0.4) is 0 Å². The SMILES string of the molecule is CC(=N)C1(C)CCN(c2nc(C)c(-c3cccc(Cl)c3Cl)nc2CO)CC1. The topological polar surface area (TPSA) is 73.1 Å². The summed E-state index contributed by atoms with van der Waals surface area (Å²) in [7, 11) is 0. The van der Waals surface area contributed by atoms with Crippen molar-refractivity contribution in [3.63, 3.8) is 0 Å². The average molecular weight is 407 g/mol. The molecule has 144 valence electrons. The number of aliphatic hydroxyl groups is 1. The number of aliphatic hydroxyl groups excluding tert-OH is 1. The number of aromatic nitrogens is 2. The standard InChI is InChI=1S/C20H24Cl2N4O/c1-12-18(14-5-4-6-15(21)17(14)22)25-16(11-27)19(24-12)26-9-7-20(3,8-10-26)13(2)23/h4-6,23,27H,7-11H2,1-3H3. The minimum absolute atomic E-state index is 0.0629. The van der Waals surface area contributed by atoms with E-state index in [1.807, 2.05) is 26.0 Å². The second-order valence-electron chi connectivity index (χ2n) is 7.36. The number of aryl methyl sites for hydroxylation is 1. The Hall–Kier alpha value is -1.69. The normalized spacial score (nSPS) is 16.4. The van der Waals surface area contributed by atoms with Crippen LogP contribution in [-0.2, 0) is 6.61 Å². The van der Waals surface area contributed by atoms with Gasteiger partial charge in [0.25, 0.3) is 0 Å². The molecule has 1 aliphatic rings. The van der Waals surface area contributed by atoms with E-state index in [4.69, 9.17) is 33.6 Å². The molecule has 1 aliphatic heterocycles. The van der Waals surface area contributed by atoms with Crippen LogP contribution < -0.4 is 4.90 Å². The van der Waals surface area contributed by atoms with Crippen LogP contribution in [0, 0.1) is 17.7 Å². The number of hydrogen-bond acceptors (Lipinski definition) is 5. The van der Waals surface area contributed by atoms with E-state index >= 15 is 0 Å². The molecule has 0 unspecified atom stereocenters. The molecule has 27 heavy (non-hydrogen) atoms. The predicted octanol–water partition coefficient (Wildman–Crippen LogP) is 4.90. The third kappa shape index (κ3) is 3.82. The molecule has 0 amide bonds. The Morgan fingerprint density at radius 1 is 1.26 bits per heavy atom. The van der Waals surface area contributed by atoms with Gasteiger partial charge in [-0.25, -0.2) is 9.97 Å². The summed E-state index contributed by atoms with van der Waals surface area (Å²) in [6.07, 6.45) is 1.77. The molecule has 1 saturated heterocycles. The van der Waals surface area contributed by atoms with Crippen LogP contribution in [0.15, 0.2) is 18.2 Å². The summed E-state index contributed by atoms with van der Waals surface area (Å²) in [5.74, 6) is 0.710. The number of anilines is 1. The molecule has 1 aromatic heterocycles. The van der Waals surface area contributed by atoms with Crippen molar-refractivity contribution in [2.75, 3.05) is 18.0 Å². The van der Waals surface area contributed by atoms with Gasteiger partial charge < -0.3 is 15.4 Å². The molecule has 0 atom stereocenters. The Kier molecular flexibility index (Phi) is 5.75. The van der Waals surface area contributed by atoms with Gasteiger partial charge in [0.15, 0.2) is 5.82 Å². The van der Waals surface area contributed by atoms with E-state index in [9.17, 15) is 5.11 Å². The van der Waals surface area contributed by atoms with E-state index in [-0.39, 0.29) is 12.0 Å². The zero-order valence-electron chi connectivity index (χ0n) is 15.8.